The molecule has 1 unspecified atom stereocenters. The Bertz CT molecular complexity index is 1130. The lowest BCUT2D eigenvalue weighted by Gasteiger charge is -2.37. The molecule has 1 aliphatic heterocycles. The van der Waals surface area contributed by atoms with Crippen LogP contribution >= 0.6 is 0 Å². The smallest absolute Gasteiger partial charge is 0.303 e. The average molecular weight is 430 g/mol. The van der Waals surface area contributed by atoms with E-state index >= 15 is 0 Å². The van der Waals surface area contributed by atoms with E-state index in [2.05, 4.69) is 44.0 Å². The first-order valence-electron chi connectivity index (χ1n) is 9.97. The fraction of sp³-hybridized carbons (Fsp3) is 0.450. The molecule has 1 N–H and O–H groups in total. The van der Waals surface area contributed by atoms with E-state index < -0.39 is 11.7 Å². The highest BCUT2D eigenvalue weighted by Gasteiger charge is 2.30. The van der Waals surface area contributed by atoms with Gasteiger partial charge in [-0.2, -0.15) is 8.78 Å². The minimum absolute atomic E-state index is 0.213. The van der Waals surface area contributed by atoms with Gasteiger partial charge in [-0.15, -0.1) is 5.10 Å². The zero-order chi connectivity index (χ0) is 22.3. The van der Waals surface area contributed by atoms with E-state index in [9.17, 15) is 13.6 Å². The molecule has 0 saturated carbocycles. The van der Waals surface area contributed by atoms with Gasteiger partial charge in [0.1, 0.15) is 5.82 Å². The number of aromatic nitrogens is 5. The molecule has 0 spiro atoms. The zero-order valence-electron chi connectivity index (χ0n) is 17.8. The van der Waals surface area contributed by atoms with Crippen molar-refractivity contribution in [3.8, 4) is 5.82 Å². The molecule has 1 aliphatic rings. The van der Waals surface area contributed by atoms with Gasteiger partial charge in [-0.1, -0.05) is 0 Å². The zero-order valence-corrected chi connectivity index (χ0v) is 17.8. The first-order valence-corrected chi connectivity index (χ1v) is 9.97. The van der Waals surface area contributed by atoms with Gasteiger partial charge in [-0.3, -0.25) is 4.79 Å². The molecule has 0 aromatic carbocycles. The monoisotopic (exact) mass is 430 g/mol. The Morgan fingerprint density at radius 3 is 2.74 bits per heavy atom. The number of pyridine rings is 1. The highest BCUT2D eigenvalue weighted by Crippen LogP contribution is 2.31. The summed E-state index contributed by atoms with van der Waals surface area (Å²) in [6.45, 7) is 6.68. The number of carbonyl (C=O) groups is 1. The molecular formula is C20H24F2N8O. The van der Waals surface area contributed by atoms with Gasteiger partial charge in [-0.05, 0) is 14.0 Å². The molecule has 3 aromatic rings. The number of hydrogen-bond donors (Lipinski definition) is 1. The lowest BCUT2D eigenvalue weighted by Crippen LogP contribution is -2.50. The van der Waals surface area contributed by atoms with E-state index in [1.807, 2.05) is 0 Å². The Morgan fingerprint density at radius 2 is 2.06 bits per heavy atom. The van der Waals surface area contributed by atoms with Crippen molar-refractivity contribution in [2.24, 2.45) is 0 Å². The van der Waals surface area contributed by atoms with Crippen LogP contribution < -0.4 is 10.2 Å². The molecule has 4 rings (SSSR count). The second-order valence-electron chi connectivity index (χ2n) is 7.91. The fourth-order valence-electron chi connectivity index (χ4n) is 3.57. The molecule has 3 aromatic heterocycles. The number of rotatable bonds is 4. The Balaban J connectivity index is 1.86. The number of alkyl halides is 2. The molecule has 164 valence electrons. The van der Waals surface area contributed by atoms with Gasteiger partial charge < -0.3 is 15.1 Å². The van der Waals surface area contributed by atoms with E-state index in [0.29, 0.717) is 23.2 Å². The van der Waals surface area contributed by atoms with Crippen molar-refractivity contribution in [3.05, 3.63) is 30.4 Å². The molecule has 1 amide bonds. The van der Waals surface area contributed by atoms with Gasteiger partial charge in [0.2, 0.25) is 11.7 Å². The number of likely N-dealkylation sites (N-methyl/N-ethyl adjacent to an activating group) is 1. The summed E-state index contributed by atoms with van der Waals surface area (Å²) in [6.07, 6.45) is 2.93. The van der Waals surface area contributed by atoms with Crippen LogP contribution in [0.2, 0.25) is 0 Å². The molecule has 9 nitrogen and oxygen atoms in total. The summed E-state index contributed by atoms with van der Waals surface area (Å²) in [7, 11) is 2.08. The van der Waals surface area contributed by atoms with Gasteiger partial charge in [0.25, 0.3) is 0 Å². The van der Waals surface area contributed by atoms with Crippen LogP contribution in [0.3, 0.4) is 0 Å². The van der Waals surface area contributed by atoms with E-state index in [-0.39, 0.29) is 11.7 Å². The van der Waals surface area contributed by atoms with Crippen LogP contribution in [0.15, 0.2) is 24.5 Å². The summed E-state index contributed by atoms with van der Waals surface area (Å²) in [6, 6.07) is 3.51. The van der Waals surface area contributed by atoms with Crippen molar-refractivity contribution in [1.82, 2.24) is 29.6 Å². The van der Waals surface area contributed by atoms with Crippen LogP contribution in [-0.4, -0.2) is 68.3 Å². The summed E-state index contributed by atoms with van der Waals surface area (Å²) in [5.74, 6) is -2.78. The normalized spacial score (nSPS) is 17.9. The van der Waals surface area contributed by atoms with E-state index in [1.54, 1.807) is 12.3 Å². The average Bonchev–Trinajstić information content (AvgIpc) is 3.08. The molecule has 31 heavy (non-hydrogen) atoms. The van der Waals surface area contributed by atoms with Crippen LogP contribution in [0.4, 0.5) is 20.4 Å². The Hall–Kier alpha value is -3.21. The highest BCUT2D eigenvalue weighted by molar-refractivity contribution is 5.95. The number of carbonyl (C=O) groups excluding carboxylic acids is 1. The number of anilines is 2. The minimum Gasteiger partial charge on any atom is -0.352 e. The first-order chi connectivity index (χ1) is 14.6. The van der Waals surface area contributed by atoms with E-state index in [0.717, 1.165) is 31.9 Å². The maximum Gasteiger partial charge on any atom is 0.303 e. The van der Waals surface area contributed by atoms with Crippen molar-refractivity contribution >= 4 is 28.4 Å². The Morgan fingerprint density at radius 1 is 1.29 bits per heavy atom. The molecule has 0 aliphatic carbocycles. The molecule has 0 bridgehead atoms. The lowest BCUT2D eigenvalue weighted by molar-refractivity contribution is -0.114. The molecule has 11 heteroatoms. The summed E-state index contributed by atoms with van der Waals surface area (Å²) in [5, 5.41) is 8.12. The van der Waals surface area contributed by atoms with Crippen LogP contribution in [0.25, 0.3) is 16.7 Å². The number of hydrogen-bond acceptors (Lipinski definition) is 7. The number of nitrogens with zero attached hydrogens (tertiary/aromatic N) is 7. The van der Waals surface area contributed by atoms with Gasteiger partial charge >= 0.3 is 5.92 Å². The van der Waals surface area contributed by atoms with Crippen LogP contribution in [0.5, 0.6) is 0 Å². The van der Waals surface area contributed by atoms with E-state index in [1.165, 1.54) is 23.9 Å². The maximum absolute atomic E-state index is 13.8. The molecule has 1 saturated heterocycles. The first kappa shape index (κ1) is 21.0. The van der Waals surface area contributed by atoms with Crippen LogP contribution in [-0.2, 0) is 10.7 Å². The third-order valence-corrected chi connectivity index (χ3v) is 5.36. The van der Waals surface area contributed by atoms with Gasteiger partial charge in [0, 0.05) is 64.1 Å². The van der Waals surface area contributed by atoms with Crippen LogP contribution in [0.1, 0.15) is 26.6 Å². The summed E-state index contributed by atoms with van der Waals surface area (Å²) < 4.78 is 29.1. The van der Waals surface area contributed by atoms with Gasteiger partial charge in [-0.25, -0.2) is 19.6 Å². The van der Waals surface area contributed by atoms with Crippen molar-refractivity contribution < 1.29 is 13.6 Å². The fourth-order valence-corrected chi connectivity index (χ4v) is 3.57. The molecular weight excluding hydrogens is 406 g/mol. The van der Waals surface area contributed by atoms with Crippen molar-refractivity contribution in [2.45, 2.75) is 32.7 Å². The summed E-state index contributed by atoms with van der Waals surface area (Å²) >= 11 is 0. The summed E-state index contributed by atoms with van der Waals surface area (Å²) in [5.41, 5.74) is 0.601. The minimum atomic E-state index is -3.18. The predicted octanol–water partition coefficient (Wildman–Crippen LogP) is 2.42. The highest BCUT2D eigenvalue weighted by atomic mass is 19.3. The quantitative estimate of drug-likeness (QED) is 0.680. The second kappa shape index (κ2) is 7.80. The third-order valence-electron chi connectivity index (χ3n) is 5.36. The van der Waals surface area contributed by atoms with Crippen molar-refractivity contribution in [2.75, 3.05) is 36.9 Å². The predicted molar refractivity (Wildman–Crippen MR) is 113 cm³/mol. The topological polar surface area (TPSA) is 92.1 Å². The molecule has 4 heterocycles. The van der Waals surface area contributed by atoms with E-state index in [4.69, 9.17) is 5.10 Å². The number of fused-ring (bicyclic) bond motifs is 1. The number of halogens is 2. The third kappa shape index (κ3) is 4.18. The molecule has 1 atom stereocenters. The Kier molecular flexibility index (Phi) is 5.29. The maximum atomic E-state index is 13.8. The summed E-state index contributed by atoms with van der Waals surface area (Å²) in [4.78, 5) is 28.0. The SMILES string of the molecule is CC(=O)Nc1cc2c(cn1)c(N1CCN(C)C(C)C1)nn2-c1ccnc(C(C)(F)F)n1. The van der Waals surface area contributed by atoms with Gasteiger partial charge in [0.15, 0.2) is 11.6 Å². The number of amides is 1. The van der Waals surface area contributed by atoms with Crippen molar-refractivity contribution in [1.29, 1.82) is 0 Å². The second-order valence-corrected chi connectivity index (χ2v) is 7.91. The number of nitrogens with one attached hydrogen (secondary N) is 1. The number of piperazine rings is 1. The molecule has 0 radical (unpaired) electrons. The van der Waals surface area contributed by atoms with Crippen molar-refractivity contribution in [3.63, 3.8) is 0 Å². The van der Waals surface area contributed by atoms with Gasteiger partial charge in [0.05, 0.1) is 10.9 Å². The molecule has 1 fully saturated rings. The standard InChI is InChI=1S/C20H24F2N8O/c1-12-11-29(8-7-28(12)4)18-14-10-24-16(25-13(2)31)9-15(14)30(27-18)17-5-6-23-19(26-17)20(3,21)22/h5-6,9-10,12H,7-8,11H2,1-4H3,(H,24,25,31). The van der Waals surface area contributed by atoms with Crippen LogP contribution in [0, 0.1) is 0 Å². The largest absolute Gasteiger partial charge is 0.352 e. The lowest BCUT2D eigenvalue weighted by atomic mass is 10.2. The Labute approximate surface area is 178 Å².